The molecule has 0 heterocycles. The summed E-state index contributed by atoms with van der Waals surface area (Å²) in [5.74, 6) is 0.215. The van der Waals surface area contributed by atoms with Gasteiger partial charge in [-0.1, -0.05) is 44.2 Å². The van der Waals surface area contributed by atoms with Crippen LogP contribution in [0.5, 0.6) is 0 Å². The lowest BCUT2D eigenvalue weighted by molar-refractivity contribution is -0.123. The molecule has 20 heavy (non-hydrogen) atoms. The first-order valence-corrected chi connectivity index (χ1v) is 6.80. The number of carboxylic acid groups (broad SMARTS) is 1. The zero-order valence-corrected chi connectivity index (χ0v) is 11.9. The molecule has 5 heteroatoms. The molecule has 1 aromatic rings. The molecule has 0 saturated carbocycles. The molecule has 1 atom stereocenters. The molecule has 0 spiro atoms. The van der Waals surface area contributed by atoms with E-state index in [0.29, 0.717) is 18.9 Å². The van der Waals surface area contributed by atoms with Crippen molar-refractivity contribution in [2.24, 2.45) is 5.92 Å². The van der Waals surface area contributed by atoms with Gasteiger partial charge in [-0.05, 0) is 17.9 Å². The SMILES string of the molecule is CC(C)CCNC(=O)[C@H](Cc1ccccc1)NC(=O)O. The summed E-state index contributed by atoms with van der Waals surface area (Å²) in [7, 11) is 0. The second-order valence-corrected chi connectivity index (χ2v) is 5.17. The number of benzene rings is 1. The minimum atomic E-state index is -1.19. The van der Waals surface area contributed by atoms with E-state index in [4.69, 9.17) is 5.11 Å². The Morgan fingerprint density at radius 2 is 1.85 bits per heavy atom. The molecule has 0 aliphatic rings. The van der Waals surface area contributed by atoms with Crippen LogP contribution >= 0.6 is 0 Å². The summed E-state index contributed by atoms with van der Waals surface area (Å²) >= 11 is 0. The van der Waals surface area contributed by atoms with Gasteiger partial charge in [-0.15, -0.1) is 0 Å². The van der Waals surface area contributed by atoms with Gasteiger partial charge in [-0.3, -0.25) is 4.79 Å². The first kappa shape index (κ1) is 16.0. The van der Waals surface area contributed by atoms with Crippen molar-refractivity contribution < 1.29 is 14.7 Å². The highest BCUT2D eigenvalue weighted by atomic mass is 16.4. The van der Waals surface area contributed by atoms with Gasteiger partial charge in [0.1, 0.15) is 6.04 Å². The van der Waals surface area contributed by atoms with E-state index >= 15 is 0 Å². The monoisotopic (exact) mass is 278 g/mol. The van der Waals surface area contributed by atoms with Gasteiger partial charge in [0.05, 0.1) is 0 Å². The molecule has 0 aliphatic carbocycles. The minimum Gasteiger partial charge on any atom is -0.465 e. The molecule has 0 saturated heterocycles. The predicted octanol–water partition coefficient (Wildman–Crippen LogP) is 2.03. The Balaban J connectivity index is 2.59. The Kier molecular flexibility index (Phi) is 6.56. The Bertz CT molecular complexity index is 432. The van der Waals surface area contributed by atoms with E-state index in [1.807, 2.05) is 30.3 Å². The van der Waals surface area contributed by atoms with Crippen LogP contribution in [0.25, 0.3) is 0 Å². The first-order chi connectivity index (χ1) is 9.49. The third-order valence-corrected chi connectivity index (χ3v) is 2.92. The number of carbonyl (C=O) groups is 2. The molecule has 1 rings (SSSR count). The molecule has 5 nitrogen and oxygen atoms in total. The summed E-state index contributed by atoms with van der Waals surface area (Å²) in [6.07, 6.45) is 0.0299. The third-order valence-electron chi connectivity index (χ3n) is 2.92. The van der Waals surface area contributed by atoms with Crippen LogP contribution in [-0.2, 0) is 11.2 Å². The van der Waals surface area contributed by atoms with E-state index < -0.39 is 12.1 Å². The lowest BCUT2D eigenvalue weighted by Crippen LogP contribution is -2.47. The summed E-state index contributed by atoms with van der Waals surface area (Å²) in [6.45, 7) is 4.70. The number of nitrogens with one attached hydrogen (secondary N) is 2. The summed E-state index contributed by atoms with van der Waals surface area (Å²) in [4.78, 5) is 22.8. The molecule has 0 aromatic heterocycles. The molecule has 0 fully saturated rings. The Hall–Kier alpha value is -2.04. The normalized spacial score (nSPS) is 11.9. The van der Waals surface area contributed by atoms with Crippen LogP contribution < -0.4 is 10.6 Å². The van der Waals surface area contributed by atoms with Crippen molar-refractivity contribution in [3.05, 3.63) is 35.9 Å². The fraction of sp³-hybridized carbons (Fsp3) is 0.467. The van der Waals surface area contributed by atoms with Gasteiger partial charge in [0.15, 0.2) is 0 Å². The standard InChI is InChI=1S/C15H22N2O3/c1-11(2)8-9-16-14(18)13(17-15(19)20)10-12-6-4-3-5-7-12/h3-7,11,13,17H,8-10H2,1-2H3,(H,16,18)(H,19,20)/t13-/m0/s1. The van der Waals surface area contributed by atoms with Gasteiger partial charge in [0.25, 0.3) is 0 Å². The van der Waals surface area contributed by atoms with Crippen LogP contribution in [-0.4, -0.2) is 29.7 Å². The molecule has 0 unspecified atom stereocenters. The van der Waals surface area contributed by atoms with Crippen LogP contribution in [0, 0.1) is 5.92 Å². The molecule has 1 aromatic carbocycles. The van der Waals surface area contributed by atoms with Gasteiger partial charge >= 0.3 is 6.09 Å². The Morgan fingerprint density at radius 1 is 1.20 bits per heavy atom. The molecular weight excluding hydrogens is 256 g/mol. The van der Waals surface area contributed by atoms with Crippen molar-refractivity contribution in [2.75, 3.05) is 6.54 Å². The second kappa shape index (κ2) is 8.19. The molecule has 0 radical (unpaired) electrons. The fourth-order valence-corrected chi connectivity index (χ4v) is 1.82. The van der Waals surface area contributed by atoms with Gasteiger partial charge < -0.3 is 15.7 Å². The quantitative estimate of drug-likeness (QED) is 0.714. The summed E-state index contributed by atoms with van der Waals surface area (Å²) in [5.41, 5.74) is 0.922. The molecule has 110 valence electrons. The van der Waals surface area contributed by atoms with E-state index in [1.165, 1.54) is 0 Å². The fourth-order valence-electron chi connectivity index (χ4n) is 1.82. The predicted molar refractivity (Wildman–Crippen MR) is 77.6 cm³/mol. The van der Waals surface area contributed by atoms with Gasteiger partial charge in [-0.2, -0.15) is 0 Å². The van der Waals surface area contributed by atoms with Crippen molar-refractivity contribution in [1.82, 2.24) is 10.6 Å². The summed E-state index contributed by atoms with van der Waals surface area (Å²) in [6, 6.07) is 8.59. The van der Waals surface area contributed by atoms with Crippen LogP contribution in [0.3, 0.4) is 0 Å². The highest BCUT2D eigenvalue weighted by molar-refractivity contribution is 5.85. The molecule has 0 aliphatic heterocycles. The summed E-state index contributed by atoms with van der Waals surface area (Å²) in [5, 5.41) is 13.9. The van der Waals surface area contributed by atoms with Crippen molar-refractivity contribution >= 4 is 12.0 Å². The van der Waals surface area contributed by atoms with Gasteiger partial charge in [0, 0.05) is 13.0 Å². The van der Waals surface area contributed by atoms with Crippen LogP contribution in [0.4, 0.5) is 4.79 Å². The van der Waals surface area contributed by atoms with Gasteiger partial charge in [0.2, 0.25) is 5.91 Å². The van der Waals surface area contributed by atoms with Crippen LogP contribution in [0.1, 0.15) is 25.8 Å². The van der Waals surface area contributed by atoms with E-state index in [-0.39, 0.29) is 5.91 Å². The first-order valence-electron chi connectivity index (χ1n) is 6.80. The average Bonchev–Trinajstić information content (AvgIpc) is 2.38. The number of rotatable bonds is 7. The van der Waals surface area contributed by atoms with E-state index in [0.717, 1.165) is 12.0 Å². The largest absolute Gasteiger partial charge is 0.465 e. The second-order valence-electron chi connectivity index (χ2n) is 5.17. The summed E-state index contributed by atoms with van der Waals surface area (Å²) < 4.78 is 0. The zero-order chi connectivity index (χ0) is 15.0. The third kappa shape index (κ3) is 6.22. The maximum absolute atomic E-state index is 12.0. The van der Waals surface area contributed by atoms with Crippen molar-refractivity contribution in [2.45, 2.75) is 32.7 Å². The zero-order valence-electron chi connectivity index (χ0n) is 11.9. The van der Waals surface area contributed by atoms with E-state index in [1.54, 1.807) is 0 Å². The molecule has 3 N–H and O–H groups in total. The van der Waals surface area contributed by atoms with Crippen molar-refractivity contribution in [1.29, 1.82) is 0 Å². The minimum absolute atomic E-state index is 0.281. The molecule has 0 bridgehead atoms. The van der Waals surface area contributed by atoms with Crippen molar-refractivity contribution in [3.63, 3.8) is 0 Å². The Morgan fingerprint density at radius 3 is 2.40 bits per heavy atom. The molecular formula is C15H22N2O3. The maximum atomic E-state index is 12.0. The van der Waals surface area contributed by atoms with Crippen LogP contribution in [0.15, 0.2) is 30.3 Å². The molecule has 2 amide bonds. The topological polar surface area (TPSA) is 78.4 Å². The number of hydrogen-bond donors (Lipinski definition) is 3. The van der Waals surface area contributed by atoms with E-state index in [2.05, 4.69) is 24.5 Å². The Labute approximate surface area is 119 Å². The average molecular weight is 278 g/mol. The smallest absolute Gasteiger partial charge is 0.405 e. The van der Waals surface area contributed by atoms with Gasteiger partial charge in [-0.25, -0.2) is 4.79 Å². The van der Waals surface area contributed by atoms with E-state index in [9.17, 15) is 9.59 Å². The lowest BCUT2D eigenvalue weighted by Gasteiger charge is -2.17. The lowest BCUT2D eigenvalue weighted by atomic mass is 10.1. The number of carbonyl (C=O) groups excluding carboxylic acids is 1. The van der Waals surface area contributed by atoms with Crippen LogP contribution in [0.2, 0.25) is 0 Å². The number of hydrogen-bond acceptors (Lipinski definition) is 2. The number of amides is 2. The van der Waals surface area contributed by atoms with Crippen molar-refractivity contribution in [3.8, 4) is 0 Å². The maximum Gasteiger partial charge on any atom is 0.405 e. The highest BCUT2D eigenvalue weighted by Gasteiger charge is 2.20. The highest BCUT2D eigenvalue weighted by Crippen LogP contribution is 2.04.